The van der Waals surface area contributed by atoms with Gasteiger partial charge in [-0.05, 0) is 64.2 Å². The molecule has 532 valence electrons. The first-order valence-corrected chi connectivity index (χ1v) is 39.7. The van der Waals surface area contributed by atoms with Gasteiger partial charge in [0.25, 0.3) is 0 Å². The first-order valence-electron chi connectivity index (χ1n) is 39.7. The van der Waals surface area contributed by atoms with E-state index in [2.05, 4.69) is 79.9 Å². The molecule has 0 radical (unpaired) electrons. The van der Waals surface area contributed by atoms with Gasteiger partial charge in [-0.2, -0.15) is 0 Å². The highest BCUT2D eigenvalue weighted by atomic mass is 16.7. The molecule has 0 aromatic carbocycles. The third kappa shape index (κ3) is 58.7. The zero-order chi connectivity index (χ0) is 65.7. The number of aliphatic hydroxyl groups is 5. The van der Waals surface area contributed by atoms with Crippen molar-refractivity contribution in [3.63, 3.8) is 0 Å². The number of nitrogens with one attached hydrogen (secondary N) is 1. The Bertz CT molecular complexity index is 1670. The Labute approximate surface area is 563 Å². The van der Waals surface area contributed by atoms with Crippen LogP contribution < -0.4 is 5.32 Å². The maximum absolute atomic E-state index is 13.2. The van der Waals surface area contributed by atoms with Crippen LogP contribution in [0.2, 0.25) is 0 Å². The van der Waals surface area contributed by atoms with Crippen molar-refractivity contribution in [1.82, 2.24) is 5.32 Å². The summed E-state index contributed by atoms with van der Waals surface area (Å²) >= 11 is 0. The van der Waals surface area contributed by atoms with Crippen LogP contribution in [0.25, 0.3) is 0 Å². The molecule has 9 heteroatoms. The monoisotopic (exact) mass is 1280 g/mol. The first kappa shape index (κ1) is 86.6. The van der Waals surface area contributed by atoms with Crippen LogP contribution in [-0.2, 0) is 14.3 Å². The molecule has 6 N–H and O–H groups in total. The molecular weight excluding hydrogens is 1130 g/mol. The summed E-state index contributed by atoms with van der Waals surface area (Å²) in [6.45, 7) is 3.72. The van der Waals surface area contributed by atoms with Crippen molar-refractivity contribution in [1.29, 1.82) is 0 Å². The van der Waals surface area contributed by atoms with Crippen LogP contribution in [0.3, 0.4) is 0 Å². The number of ether oxygens (including phenoxy) is 2. The fourth-order valence-corrected chi connectivity index (χ4v) is 12.7. The molecule has 0 bridgehead atoms. The van der Waals surface area contributed by atoms with Gasteiger partial charge in [-0.25, -0.2) is 0 Å². The molecule has 7 unspecified atom stereocenters. The summed E-state index contributed by atoms with van der Waals surface area (Å²) in [7, 11) is 0. The molecule has 0 spiro atoms. The summed E-state index contributed by atoms with van der Waals surface area (Å²) in [6, 6.07) is -0.808. The largest absolute Gasteiger partial charge is 0.394 e. The number of hydrogen-bond acceptors (Lipinski definition) is 8. The molecule has 9 nitrogen and oxygen atoms in total. The van der Waals surface area contributed by atoms with Crippen molar-refractivity contribution in [2.45, 2.75) is 429 Å². The second-order valence-corrected chi connectivity index (χ2v) is 27.5. The second-order valence-electron chi connectivity index (χ2n) is 27.5. The summed E-state index contributed by atoms with van der Waals surface area (Å²) in [4.78, 5) is 13.2. The smallest absolute Gasteiger partial charge is 0.220 e. The van der Waals surface area contributed by atoms with Crippen molar-refractivity contribution in [3.05, 3.63) is 72.9 Å². The van der Waals surface area contributed by atoms with Crippen LogP contribution in [0, 0.1) is 0 Å². The van der Waals surface area contributed by atoms with Gasteiger partial charge in [0.15, 0.2) is 6.29 Å². The van der Waals surface area contributed by atoms with Crippen molar-refractivity contribution in [2.24, 2.45) is 0 Å². The Balaban J connectivity index is 2.07. The molecule has 1 aliphatic rings. The zero-order valence-electron chi connectivity index (χ0n) is 59.9. The van der Waals surface area contributed by atoms with Crippen molar-refractivity contribution in [2.75, 3.05) is 13.2 Å². The van der Waals surface area contributed by atoms with E-state index in [1.807, 2.05) is 6.08 Å². The van der Waals surface area contributed by atoms with Gasteiger partial charge in [0.05, 0.1) is 25.4 Å². The van der Waals surface area contributed by atoms with E-state index in [-0.39, 0.29) is 12.5 Å². The molecular formula is C82H151NO8. The van der Waals surface area contributed by atoms with Gasteiger partial charge in [-0.1, -0.05) is 389 Å². The van der Waals surface area contributed by atoms with Crippen LogP contribution in [0.5, 0.6) is 0 Å². The number of carbonyl (C=O) groups is 1. The van der Waals surface area contributed by atoms with Gasteiger partial charge in [-0.15, -0.1) is 0 Å². The van der Waals surface area contributed by atoms with Gasteiger partial charge < -0.3 is 40.3 Å². The zero-order valence-corrected chi connectivity index (χ0v) is 59.9. The van der Waals surface area contributed by atoms with E-state index in [0.717, 1.165) is 70.6 Å². The van der Waals surface area contributed by atoms with E-state index >= 15 is 0 Å². The predicted molar refractivity (Wildman–Crippen MR) is 392 cm³/mol. The standard InChI is InChI=1S/C82H151NO8/c1-3-5-7-9-11-13-15-17-19-21-23-25-27-29-31-33-35-36-37-38-39-40-42-44-46-48-50-52-54-56-58-60-62-64-66-68-70-72-78(86)83-75(74-90-82-81(89)80(88)79(87)77(73-84)91-82)76(85)71-69-67-65-63-61-59-57-55-53-51-49-47-45-43-41-34-32-30-28-26-24-22-20-18-16-14-12-10-8-6-4-2/h5,7,11,13,17,19,23,25,29,31,69,71,75-77,79-82,84-85,87-89H,3-4,6,8-10,12,14-16,18,20-22,24,26-28,30,32-68,70,72-74H2,1-2H3,(H,83,86)/b7-5-,13-11-,19-17-,25-23-,31-29-,71-69+. The Kier molecular flexibility index (Phi) is 67.1. The minimum absolute atomic E-state index is 0.170. The van der Waals surface area contributed by atoms with Crippen LogP contribution in [0.1, 0.15) is 386 Å². The average molecular weight is 1280 g/mol. The van der Waals surface area contributed by atoms with E-state index in [0.29, 0.717) is 6.42 Å². The van der Waals surface area contributed by atoms with E-state index in [4.69, 9.17) is 9.47 Å². The molecule has 1 aliphatic heterocycles. The summed E-state index contributed by atoms with van der Waals surface area (Å²) in [5, 5.41) is 54.9. The SMILES string of the molecule is CC/C=C\C/C=C\C/C=C\C/C=C\C/C=C\CCCCCCCCCCCCCCCCCCCCCCCC(=O)NC(COC1OC(CO)C(O)C(O)C1O)C(O)/C=C/CCCCCCCCCCCCCCCCCCCCCCCCCCCCCCC. The lowest BCUT2D eigenvalue weighted by molar-refractivity contribution is -0.302. The lowest BCUT2D eigenvalue weighted by atomic mass is 9.99. The molecule has 91 heavy (non-hydrogen) atoms. The highest BCUT2D eigenvalue weighted by molar-refractivity contribution is 5.76. The van der Waals surface area contributed by atoms with Gasteiger partial charge in [0, 0.05) is 6.42 Å². The Morgan fingerprint density at radius 3 is 1.01 bits per heavy atom. The summed E-state index contributed by atoms with van der Waals surface area (Å²) in [5.74, 6) is -0.170. The number of unbranched alkanes of at least 4 members (excludes halogenated alkanes) is 50. The Hall–Kier alpha value is -2.37. The topological polar surface area (TPSA) is 149 Å². The van der Waals surface area contributed by atoms with E-state index in [9.17, 15) is 30.3 Å². The maximum atomic E-state index is 13.2. The fourth-order valence-electron chi connectivity index (χ4n) is 12.7. The van der Waals surface area contributed by atoms with Gasteiger partial charge in [0.2, 0.25) is 5.91 Å². The molecule has 0 aromatic heterocycles. The van der Waals surface area contributed by atoms with Gasteiger partial charge >= 0.3 is 0 Å². The molecule has 0 aliphatic carbocycles. The van der Waals surface area contributed by atoms with Crippen LogP contribution >= 0.6 is 0 Å². The van der Waals surface area contributed by atoms with Crippen molar-refractivity contribution < 1.29 is 39.8 Å². The highest BCUT2D eigenvalue weighted by Gasteiger charge is 2.44. The quantitative estimate of drug-likeness (QED) is 0.0261. The fraction of sp³-hybridized carbons (Fsp3) is 0.841. The second kappa shape index (κ2) is 70.4. The summed E-state index contributed by atoms with van der Waals surface area (Å²) in [5.41, 5.74) is 0. The van der Waals surface area contributed by atoms with Gasteiger partial charge in [-0.3, -0.25) is 4.79 Å². The maximum Gasteiger partial charge on any atom is 0.220 e. The molecule has 1 amide bonds. The summed E-state index contributed by atoms with van der Waals surface area (Å²) < 4.78 is 11.4. The minimum Gasteiger partial charge on any atom is -0.394 e. The first-order chi connectivity index (χ1) is 44.8. The predicted octanol–water partition coefficient (Wildman–Crippen LogP) is 22.7. The molecule has 1 fully saturated rings. The normalized spacial score (nSPS) is 18.1. The van der Waals surface area contributed by atoms with Crippen molar-refractivity contribution >= 4 is 5.91 Å². The number of amides is 1. The Morgan fingerprint density at radius 1 is 0.385 bits per heavy atom. The molecule has 7 atom stereocenters. The highest BCUT2D eigenvalue weighted by Crippen LogP contribution is 2.24. The van der Waals surface area contributed by atoms with E-state index in [1.54, 1.807) is 6.08 Å². The molecule has 0 aromatic rings. The van der Waals surface area contributed by atoms with E-state index in [1.165, 1.54) is 295 Å². The van der Waals surface area contributed by atoms with Crippen LogP contribution in [0.4, 0.5) is 0 Å². The molecule has 1 saturated heterocycles. The number of rotatable bonds is 70. The van der Waals surface area contributed by atoms with Crippen molar-refractivity contribution in [3.8, 4) is 0 Å². The minimum atomic E-state index is -1.57. The number of allylic oxidation sites excluding steroid dienone is 11. The average Bonchev–Trinajstić information content (AvgIpc) is 1.70. The molecule has 1 heterocycles. The summed E-state index contributed by atoms with van der Waals surface area (Å²) in [6.07, 6.45) is 93.3. The molecule has 0 saturated carbocycles. The lowest BCUT2D eigenvalue weighted by Crippen LogP contribution is -2.60. The Morgan fingerprint density at radius 2 is 0.681 bits per heavy atom. The van der Waals surface area contributed by atoms with Crippen LogP contribution in [-0.4, -0.2) is 87.5 Å². The van der Waals surface area contributed by atoms with Crippen LogP contribution in [0.15, 0.2) is 72.9 Å². The van der Waals surface area contributed by atoms with Gasteiger partial charge in [0.1, 0.15) is 24.4 Å². The number of hydrogen-bond donors (Lipinski definition) is 6. The lowest BCUT2D eigenvalue weighted by Gasteiger charge is -2.40. The third-order valence-electron chi connectivity index (χ3n) is 18.8. The number of aliphatic hydroxyl groups excluding tert-OH is 5. The third-order valence-corrected chi connectivity index (χ3v) is 18.8. The number of carbonyl (C=O) groups excluding carboxylic acids is 1. The molecule has 1 rings (SSSR count). The van der Waals surface area contributed by atoms with E-state index < -0.39 is 49.5 Å².